The van der Waals surface area contributed by atoms with E-state index in [0.29, 0.717) is 68.9 Å². The number of hydrogen-bond donors (Lipinski definition) is 2. The number of alkyl halides is 6. The molecule has 2 aromatic heterocycles. The summed E-state index contributed by atoms with van der Waals surface area (Å²) in [5.41, 5.74) is 3.45. The number of carbonyl (C=O) groups excluding carboxylic acids is 4. The van der Waals surface area contributed by atoms with Crippen LogP contribution in [0.4, 0.5) is 26.3 Å². The van der Waals surface area contributed by atoms with Crippen LogP contribution in [0.2, 0.25) is 10.0 Å². The summed E-state index contributed by atoms with van der Waals surface area (Å²) in [7, 11) is 2.91. The minimum absolute atomic E-state index is 0.0274. The maximum absolute atomic E-state index is 13.3. The van der Waals surface area contributed by atoms with Gasteiger partial charge in [-0.3, -0.25) is 28.3 Å². The fourth-order valence-electron chi connectivity index (χ4n) is 7.01. The minimum Gasteiger partial charge on any atom is -0.495 e. The van der Waals surface area contributed by atoms with Crippen molar-refractivity contribution in [2.24, 2.45) is 0 Å². The molecule has 0 spiro atoms. The largest absolute Gasteiger partial charge is 0.573 e. The monoisotopic (exact) mass is 950 g/mol. The van der Waals surface area contributed by atoms with Crippen molar-refractivity contribution in [3.63, 3.8) is 0 Å². The Bertz CT molecular complexity index is 2730. The molecule has 0 radical (unpaired) electrons. The number of aromatic nitrogens is 2. The van der Waals surface area contributed by atoms with Crippen molar-refractivity contribution in [2.75, 3.05) is 27.3 Å². The lowest BCUT2D eigenvalue weighted by molar-refractivity contribution is -0.275. The first-order valence-electron chi connectivity index (χ1n) is 19.7. The second-order valence-electron chi connectivity index (χ2n) is 14.2. The first-order valence-corrected chi connectivity index (χ1v) is 20.5. The SMILES string of the molecule is CCCNC(=O)Cc1c(C)n(C(=O)c2ccc(OC(F)(F)F)cc2)c2cc(Cl)c(OC)cc12.CCNC(=O)Cc1c(C)n(C(=O)c2ccc(OC(F)(F)F)cc2)c2cc(Cl)c(OC)cc12. The van der Waals surface area contributed by atoms with Crippen molar-refractivity contribution < 1.29 is 64.5 Å². The van der Waals surface area contributed by atoms with Crippen LogP contribution in [0.25, 0.3) is 21.8 Å². The van der Waals surface area contributed by atoms with Gasteiger partial charge in [0.2, 0.25) is 11.8 Å². The minimum atomic E-state index is -4.83. The maximum Gasteiger partial charge on any atom is 0.573 e. The van der Waals surface area contributed by atoms with E-state index in [2.05, 4.69) is 20.1 Å². The summed E-state index contributed by atoms with van der Waals surface area (Å²) in [5, 5.41) is 7.30. The number of benzene rings is 4. The fraction of sp³-hybridized carbons (Fsp3) is 0.289. The highest BCUT2D eigenvalue weighted by Crippen LogP contribution is 2.37. The smallest absolute Gasteiger partial charge is 0.495 e. The van der Waals surface area contributed by atoms with Crippen LogP contribution >= 0.6 is 23.2 Å². The lowest BCUT2D eigenvalue weighted by Crippen LogP contribution is -2.26. The van der Waals surface area contributed by atoms with E-state index in [1.54, 1.807) is 45.0 Å². The van der Waals surface area contributed by atoms with Crippen molar-refractivity contribution in [3.8, 4) is 23.0 Å². The van der Waals surface area contributed by atoms with Crippen molar-refractivity contribution >= 4 is 68.6 Å². The number of amides is 2. The number of rotatable bonds is 13. The van der Waals surface area contributed by atoms with Crippen LogP contribution in [0.5, 0.6) is 23.0 Å². The van der Waals surface area contributed by atoms with Crippen LogP contribution in [0, 0.1) is 13.8 Å². The molecule has 0 saturated heterocycles. The number of nitrogens with zero attached hydrogens (tertiary/aromatic N) is 2. The zero-order chi connectivity index (χ0) is 48.0. The summed E-state index contributed by atoms with van der Waals surface area (Å²) in [6.07, 6.45) is -8.82. The van der Waals surface area contributed by atoms with Crippen molar-refractivity contribution in [2.45, 2.75) is 59.7 Å². The van der Waals surface area contributed by atoms with Crippen LogP contribution in [0.1, 0.15) is 63.5 Å². The highest BCUT2D eigenvalue weighted by Gasteiger charge is 2.32. The summed E-state index contributed by atoms with van der Waals surface area (Å²) in [6, 6.07) is 15.7. The second-order valence-corrected chi connectivity index (χ2v) is 15.0. The van der Waals surface area contributed by atoms with Crippen molar-refractivity contribution in [1.29, 1.82) is 0 Å². The Morgan fingerprint density at radius 1 is 0.600 bits per heavy atom. The molecule has 0 fully saturated rings. The van der Waals surface area contributed by atoms with E-state index in [1.165, 1.54) is 47.6 Å². The lowest BCUT2D eigenvalue weighted by Gasteiger charge is -2.11. The Morgan fingerprint density at radius 3 is 1.29 bits per heavy atom. The first-order chi connectivity index (χ1) is 30.6. The molecular formula is C45H42Cl2F6N4O8. The van der Waals surface area contributed by atoms with Crippen LogP contribution in [0.3, 0.4) is 0 Å². The number of halogens is 8. The number of methoxy groups -OCH3 is 2. The number of carbonyl (C=O) groups is 4. The molecule has 0 aliphatic carbocycles. The van der Waals surface area contributed by atoms with E-state index in [9.17, 15) is 45.5 Å². The lowest BCUT2D eigenvalue weighted by atomic mass is 10.1. The van der Waals surface area contributed by atoms with Gasteiger partial charge in [-0.1, -0.05) is 30.1 Å². The Labute approximate surface area is 378 Å². The molecule has 2 amide bonds. The molecular weight excluding hydrogens is 909 g/mol. The third kappa shape index (κ3) is 11.8. The normalized spacial score (nSPS) is 11.5. The van der Waals surface area contributed by atoms with E-state index in [0.717, 1.165) is 30.7 Å². The molecule has 0 atom stereocenters. The molecule has 2 N–H and O–H groups in total. The maximum atomic E-state index is 13.3. The zero-order valence-electron chi connectivity index (χ0n) is 35.6. The summed E-state index contributed by atoms with van der Waals surface area (Å²) in [6.45, 7) is 8.10. The average Bonchev–Trinajstić information content (AvgIpc) is 3.64. The van der Waals surface area contributed by atoms with Crippen LogP contribution in [-0.4, -0.2) is 72.8 Å². The van der Waals surface area contributed by atoms with Crippen molar-refractivity contribution in [3.05, 3.63) is 116 Å². The molecule has 6 aromatic rings. The predicted octanol–water partition coefficient (Wildman–Crippen LogP) is 10.1. The van der Waals surface area contributed by atoms with Gasteiger partial charge in [0.25, 0.3) is 11.8 Å². The Kier molecular flexibility index (Phi) is 15.7. The van der Waals surface area contributed by atoms with Crippen LogP contribution < -0.4 is 29.6 Å². The molecule has 0 saturated carbocycles. The molecule has 0 bridgehead atoms. The summed E-state index contributed by atoms with van der Waals surface area (Å²) < 4.78 is 95.6. The number of ether oxygens (including phenoxy) is 4. The van der Waals surface area contributed by atoms with Gasteiger partial charge in [0, 0.05) is 46.4 Å². The predicted molar refractivity (Wildman–Crippen MR) is 232 cm³/mol. The van der Waals surface area contributed by atoms with Crippen LogP contribution in [0.15, 0.2) is 72.8 Å². The Hall–Kier alpha value is -6.40. The third-order valence-corrected chi connectivity index (χ3v) is 10.5. The van der Waals surface area contributed by atoms with Crippen LogP contribution in [-0.2, 0) is 22.4 Å². The molecule has 0 aliphatic rings. The Morgan fingerprint density at radius 2 is 0.969 bits per heavy atom. The summed E-state index contributed by atoms with van der Waals surface area (Å²) in [4.78, 5) is 51.3. The van der Waals surface area contributed by atoms with E-state index < -0.39 is 36.0 Å². The van der Waals surface area contributed by atoms with Gasteiger partial charge in [0.05, 0.1) is 48.1 Å². The quantitative estimate of drug-likeness (QED) is 0.109. The molecule has 0 unspecified atom stereocenters. The molecule has 6 rings (SSSR count). The number of fused-ring (bicyclic) bond motifs is 2. The second kappa shape index (κ2) is 20.6. The van der Waals surface area contributed by atoms with Gasteiger partial charge in [-0.15, -0.1) is 26.3 Å². The van der Waals surface area contributed by atoms with Gasteiger partial charge in [0.1, 0.15) is 23.0 Å². The standard InChI is InChI=1S/C23H22ClF3N2O4.C22H20ClF3N2O4/c1-4-9-28-21(30)11-16-13(2)29(19-12-18(24)20(32-3)10-17(16)19)22(31)14-5-7-15(8-6-14)33-23(25,26)27;1-4-27-20(29)10-15-12(2)28(18-11-17(23)19(31-3)9-16(15)18)21(30)13-5-7-14(8-6-13)32-22(24,25)26/h5-8,10,12H,4,9,11H2,1-3H3,(H,28,30);5-9,11H,4,10H2,1-3H3,(H,27,29). The van der Waals surface area contributed by atoms with Gasteiger partial charge >= 0.3 is 12.7 Å². The summed E-state index contributed by atoms with van der Waals surface area (Å²) >= 11 is 12.6. The fourth-order valence-corrected chi connectivity index (χ4v) is 7.48. The zero-order valence-corrected chi connectivity index (χ0v) is 37.2. The van der Waals surface area contributed by atoms with Gasteiger partial charge in [0.15, 0.2) is 0 Å². The molecule has 65 heavy (non-hydrogen) atoms. The topological polar surface area (TPSA) is 139 Å². The Balaban J connectivity index is 0.000000244. The number of hydrogen-bond acceptors (Lipinski definition) is 8. The van der Waals surface area contributed by atoms with Gasteiger partial charge < -0.3 is 29.6 Å². The number of likely N-dealkylation sites (N-methyl/N-ethyl adjacent to an activating group) is 1. The number of nitrogens with one attached hydrogen (secondary N) is 2. The van der Waals surface area contributed by atoms with Gasteiger partial charge in [-0.25, -0.2) is 0 Å². The van der Waals surface area contributed by atoms with Crippen molar-refractivity contribution in [1.82, 2.24) is 19.8 Å². The highest BCUT2D eigenvalue weighted by atomic mass is 35.5. The van der Waals surface area contributed by atoms with E-state index in [4.69, 9.17) is 32.7 Å². The van der Waals surface area contributed by atoms with Gasteiger partial charge in [-0.05, 0) is 111 Å². The molecule has 4 aromatic carbocycles. The summed E-state index contributed by atoms with van der Waals surface area (Å²) in [5.74, 6) is -1.50. The van der Waals surface area contributed by atoms with E-state index in [1.807, 2.05) is 6.92 Å². The van der Waals surface area contributed by atoms with E-state index >= 15 is 0 Å². The van der Waals surface area contributed by atoms with E-state index in [-0.39, 0.29) is 45.8 Å². The first kappa shape index (κ1) is 49.6. The highest BCUT2D eigenvalue weighted by molar-refractivity contribution is 6.33. The molecule has 0 aliphatic heterocycles. The molecule has 20 heteroatoms. The molecule has 346 valence electrons. The van der Waals surface area contributed by atoms with Gasteiger partial charge in [-0.2, -0.15) is 0 Å². The molecule has 2 heterocycles. The third-order valence-electron chi connectivity index (χ3n) is 9.91. The average molecular weight is 952 g/mol. The molecule has 12 nitrogen and oxygen atoms in total.